The first-order chi connectivity index (χ1) is 12.5. The van der Waals surface area contributed by atoms with Crippen LogP contribution < -0.4 is 15.8 Å². The van der Waals surface area contributed by atoms with E-state index < -0.39 is 23.6 Å². The Balaban J connectivity index is 0.00000196. The van der Waals surface area contributed by atoms with Crippen molar-refractivity contribution >= 4 is 36.4 Å². The molecule has 10 heteroatoms. The van der Waals surface area contributed by atoms with Crippen molar-refractivity contribution in [2.75, 3.05) is 12.4 Å². The van der Waals surface area contributed by atoms with Gasteiger partial charge in [-0.15, -0.1) is 24.8 Å². The highest BCUT2D eigenvalue weighted by molar-refractivity contribution is 5.96. The van der Waals surface area contributed by atoms with E-state index in [2.05, 4.69) is 15.5 Å². The Kier molecular flexibility index (Phi) is 8.36. The van der Waals surface area contributed by atoms with Gasteiger partial charge in [0.1, 0.15) is 23.4 Å². The molecule has 4 N–H and O–H groups in total. The summed E-state index contributed by atoms with van der Waals surface area (Å²) in [5.41, 5.74) is 7.33. The zero-order valence-electron chi connectivity index (χ0n) is 14.6. The number of carbonyl (C=O) groups excluding carboxylic acids is 1. The van der Waals surface area contributed by atoms with E-state index >= 15 is 0 Å². The number of hydrogen-bond donors (Lipinski definition) is 3. The maximum absolute atomic E-state index is 14.4. The molecule has 3 aromatic rings. The summed E-state index contributed by atoms with van der Waals surface area (Å²) in [6.45, 7) is 0. The Bertz CT molecular complexity index is 922. The van der Waals surface area contributed by atoms with Crippen molar-refractivity contribution in [1.29, 1.82) is 0 Å². The van der Waals surface area contributed by atoms with Gasteiger partial charge in [-0.2, -0.15) is 5.10 Å². The lowest BCUT2D eigenvalue weighted by Crippen LogP contribution is -2.28. The number of ether oxygens (including phenoxy) is 1. The summed E-state index contributed by atoms with van der Waals surface area (Å²) < 4.78 is 32.7. The van der Waals surface area contributed by atoms with Crippen LogP contribution in [0.15, 0.2) is 48.8 Å². The molecule has 1 atom stereocenters. The molecule has 1 amide bonds. The lowest BCUT2D eigenvalue weighted by Gasteiger charge is -2.15. The maximum Gasteiger partial charge on any atom is 0.245 e. The molecule has 0 saturated carbocycles. The van der Waals surface area contributed by atoms with Gasteiger partial charge >= 0.3 is 0 Å². The van der Waals surface area contributed by atoms with Gasteiger partial charge in [-0.1, -0.05) is 12.1 Å². The van der Waals surface area contributed by atoms with Crippen LogP contribution in [0.2, 0.25) is 0 Å². The number of amides is 1. The molecule has 0 radical (unpaired) electrons. The maximum atomic E-state index is 14.4. The van der Waals surface area contributed by atoms with Gasteiger partial charge in [0.25, 0.3) is 0 Å². The topological polar surface area (TPSA) is 93.0 Å². The molecule has 0 aliphatic carbocycles. The largest absolute Gasteiger partial charge is 0.496 e. The smallest absolute Gasteiger partial charge is 0.245 e. The highest BCUT2D eigenvalue weighted by Gasteiger charge is 2.19. The summed E-state index contributed by atoms with van der Waals surface area (Å²) >= 11 is 0. The summed E-state index contributed by atoms with van der Waals surface area (Å²) in [5, 5.41) is 8.90. The average Bonchev–Trinajstić information content (AvgIpc) is 3.17. The first-order valence-corrected chi connectivity index (χ1v) is 7.68. The standard InChI is InChI=1S/C18H16F2N4O2.2ClH/c1-26-16-7-15(14(20)6-13(16)11-8-22-23-9-11)24-18(25)17(21)10-2-4-12(19)5-3-10;;/h2-9,17H,21H2,1H3,(H,22,23)(H,24,25);2*1H/t17-;;/m1../s1. The van der Waals surface area contributed by atoms with Gasteiger partial charge in [0.05, 0.1) is 19.0 Å². The van der Waals surface area contributed by atoms with Crippen LogP contribution in [0.4, 0.5) is 14.5 Å². The average molecular weight is 431 g/mol. The summed E-state index contributed by atoms with van der Waals surface area (Å²) in [5.74, 6) is -1.36. The van der Waals surface area contributed by atoms with E-state index in [1.54, 1.807) is 6.20 Å². The summed E-state index contributed by atoms with van der Waals surface area (Å²) in [4.78, 5) is 12.3. The third-order valence-corrected chi connectivity index (χ3v) is 3.87. The van der Waals surface area contributed by atoms with Gasteiger partial charge in [-0.25, -0.2) is 8.78 Å². The molecule has 0 bridgehead atoms. The van der Waals surface area contributed by atoms with Crippen LogP contribution in [0.5, 0.6) is 5.75 Å². The van der Waals surface area contributed by atoms with Crippen molar-refractivity contribution in [3.8, 4) is 16.9 Å². The Labute approximate surface area is 172 Å². The van der Waals surface area contributed by atoms with Crippen LogP contribution in [-0.4, -0.2) is 23.2 Å². The molecule has 0 spiro atoms. The van der Waals surface area contributed by atoms with E-state index in [0.717, 1.165) is 0 Å². The first kappa shape index (κ1) is 23.4. The van der Waals surface area contributed by atoms with Gasteiger partial charge in [-0.05, 0) is 23.8 Å². The number of nitrogens with one attached hydrogen (secondary N) is 2. The molecule has 0 unspecified atom stereocenters. The zero-order valence-corrected chi connectivity index (χ0v) is 16.2. The number of H-pyrrole nitrogens is 1. The number of benzene rings is 2. The normalized spacial score (nSPS) is 11.0. The SMILES string of the molecule is COc1cc(NC(=O)[C@H](N)c2ccc(F)cc2)c(F)cc1-c1cn[nH]c1.Cl.Cl. The molecular formula is C18H18Cl2F2N4O2. The highest BCUT2D eigenvalue weighted by Crippen LogP contribution is 2.34. The van der Waals surface area contributed by atoms with Crippen molar-refractivity contribution in [3.05, 3.63) is 66.0 Å². The number of anilines is 1. The van der Waals surface area contributed by atoms with Crippen molar-refractivity contribution < 1.29 is 18.3 Å². The van der Waals surface area contributed by atoms with Crippen LogP contribution in [0.25, 0.3) is 11.1 Å². The monoisotopic (exact) mass is 430 g/mol. The molecule has 0 saturated heterocycles. The molecule has 150 valence electrons. The molecule has 1 heterocycles. The fraction of sp³-hybridized carbons (Fsp3) is 0.111. The van der Waals surface area contributed by atoms with E-state index in [9.17, 15) is 13.6 Å². The predicted octanol–water partition coefficient (Wildman–Crippen LogP) is 3.85. The number of aromatic nitrogens is 2. The Hall–Kier alpha value is -2.68. The van der Waals surface area contributed by atoms with Crippen LogP contribution in [0.1, 0.15) is 11.6 Å². The molecule has 3 rings (SSSR count). The molecule has 0 fully saturated rings. The van der Waals surface area contributed by atoms with Gasteiger partial charge in [-0.3, -0.25) is 9.89 Å². The second kappa shape index (κ2) is 10.0. The number of rotatable bonds is 5. The zero-order chi connectivity index (χ0) is 18.7. The van der Waals surface area contributed by atoms with Crippen LogP contribution >= 0.6 is 24.8 Å². The van der Waals surface area contributed by atoms with E-state index in [1.165, 1.54) is 49.7 Å². The molecule has 6 nitrogen and oxygen atoms in total. The summed E-state index contributed by atoms with van der Waals surface area (Å²) in [7, 11) is 1.44. The van der Waals surface area contributed by atoms with E-state index in [4.69, 9.17) is 10.5 Å². The lowest BCUT2D eigenvalue weighted by atomic mass is 10.1. The molecule has 1 aromatic heterocycles. The third kappa shape index (κ3) is 4.98. The summed E-state index contributed by atoms with van der Waals surface area (Å²) in [6, 6.07) is 6.74. The molecular weight excluding hydrogens is 413 g/mol. The Morgan fingerprint density at radius 3 is 2.46 bits per heavy atom. The van der Waals surface area contributed by atoms with Crippen molar-refractivity contribution in [2.45, 2.75) is 6.04 Å². The fourth-order valence-corrected chi connectivity index (χ4v) is 2.47. The van der Waals surface area contributed by atoms with Crippen LogP contribution in [0.3, 0.4) is 0 Å². The molecule has 0 aliphatic heterocycles. The van der Waals surface area contributed by atoms with Crippen LogP contribution in [0, 0.1) is 11.6 Å². The van der Waals surface area contributed by atoms with Gasteiger partial charge in [0.2, 0.25) is 5.91 Å². The second-order valence-corrected chi connectivity index (χ2v) is 5.54. The number of methoxy groups -OCH3 is 1. The van der Waals surface area contributed by atoms with Crippen molar-refractivity contribution in [2.24, 2.45) is 5.73 Å². The fourth-order valence-electron chi connectivity index (χ4n) is 2.47. The number of nitrogens with zero attached hydrogens (tertiary/aromatic N) is 1. The number of nitrogens with two attached hydrogens (primary N) is 1. The summed E-state index contributed by atoms with van der Waals surface area (Å²) in [6.07, 6.45) is 3.12. The number of aromatic amines is 1. The molecule has 0 aliphatic rings. The Morgan fingerprint density at radius 1 is 1.21 bits per heavy atom. The quantitative estimate of drug-likeness (QED) is 0.572. The van der Waals surface area contributed by atoms with E-state index in [1.807, 2.05) is 0 Å². The van der Waals surface area contributed by atoms with E-state index in [0.29, 0.717) is 22.4 Å². The highest BCUT2D eigenvalue weighted by atomic mass is 35.5. The number of carbonyl (C=O) groups is 1. The predicted molar refractivity (Wildman–Crippen MR) is 107 cm³/mol. The van der Waals surface area contributed by atoms with Gasteiger partial charge in [0, 0.05) is 23.4 Å². The Morgan fingerprint density at radius 2 is 1.89 bits per heavy atom. The third-order valence-electron chi connectivity index (χ3n) is 3.87. The minimum atomic E-state index is -1.07. The number of halogens is 4. The van der Waals surface area contributed by atoms with Gasteiger partial charge in [0.15, 0.2) is 0 Å². The van der Waals surface area contributed by atoms with Crippen molar-refractivity contribution in [3.63, 3.8) is 0 Å². The molecule has 2 aromatic carbocycles. The van der Waals surface area contributed by atoms with E-state index in [-0.39, 0.29) is 30.5 Å². The molecule has 28 heavy (non-hydrogen) atoms. The number of hydrogen-bond acceptors (Lipinski definition) is 4. The van der Waals surface area contributed by atoms with Crippen LogP contribution in [-0.2, 0) is 4.79 Å². The second-order valence-electron chi connectivity index (χ2n) is 5.54. The van der Waals surface area contributed by atoms with Gasteiger partial charge < -0.3 is 15.8 Å². The lowest BCUT2D eigenvalue weighted by molar-refractivity contribution is -0.117. The first-order valence-electron chi connectivity index (χ1n) is 7.68. The van der Waals surface area contributed by atoms with Crippen molar-refractivity contribution in [1.82, 2.24) is 10.2 Å². The minimum absolute atomic E-state index is 0. The minimum Gasteiger partial charge on any atom is -0.496 e.